The first-order valence-electron chi connectivity index (χ1n) is 10.1. The molecule has 1 atom stereocenters. The van der Waals surface area contributed by atoms with Gasteiger partial charge in [0, 0.05) is 42.8 Å². The standard InChI is InChI=1S/C19H14B7ClF2N4O/c20-17(21)8-16(29,3-4-33(17)14(34)10-1-2-13(28)12(27)5-10)9-32-19(25,26)15-30-6-11(7-31-15)18(22,23)24/h1-2,5-7,32H,3-4,8-9H2. The number of carbonyl (C=O) groups excluding carboxylic acids is 1. The van der Waals surface area contributed by atoms with Crippen molar-refractivity contribution in [2.45, 2.75) is 34.3 Å². The van der Waals surface area contributed by atoms with Crippen molar-refractivity contribution in [3.63, 3.8) is 0 Å². The Labute approximate surface area is 211 Å². The molecule has 1 aliphatic rings. The van der Waals surface area contributed by atoms with E-state index in [2.05, 4.69) is 15.3 Å². The molecule has 34 heavy (non-hydrogen) atoms. The zero-order valence-electron chi connectivity index (χ0n) is 18.1. The Morgan fingerprint density at radius 3 is 2.32 bits per heavy atom. The molecule has 1 fully saturated rings. The molecule has 5 nitrogen and oxygen atoms in total. The summed E-state index contributed by atoms with van der Waals surface area (Å²) in [5, 5.41) is -2.92. The van der Waals surface area contributed by atoms with Crippen molar-refractivity contribution in [1.29, 1.82) is 0 Å². The Balaban J connectivity index is 1.69. The van der Waals surface area contributed by atoms with Gasteiger partial charge in [0.2, 0.25) is 0 Å². The number of hydrogen-bond donors (Lipinski definition) is 1. The van der Waals surface area contributed by atoms with Crippen molar-refractivity contribution in [2.24, 2.45) is 0 Å². The first kappa shape index (κ1) is 26.9. The van der Waals surface area contributed by atoms with E-state index < -0.39 is 39.6 Å². The molecule has 0 bridgehead atoms. The second-order valence-corrected chi connectivity index (χ2v) is 9.01. The maximum absolute atomic E-state index is 15.7. The van der Waals surface area contributed by atoms with Gasteiger partial charge in [-0.2, -0.15) is 0 Å². The lowest BCUT2D eigenvalue weighted by molar-refractivity contribution is 0.0245. The molecule has 1 aliphatic heterocycles. The molecule has 1 saturated heterocycles. The van der Waals surface area contributed by atoms with Crippen LogP contribution in [-0.2, 0) is 10.5 Å². The zero-order chi connectivity index (χ0) is 25.5. The predicted molar refractivity (Wildman–Crippen MR) is 132 cm³/mol. The molecule has 2 aromatic rings. The molecule has 1 aromatic heterocycles. The molecule has 1 amide bonds. The molecule has 1 unspecified atom stereocenters. The lowest BCUT2D eigenvalue weighted by atomic mass is 9.40. The van der Waals surface area contributed by atoms with Gasteiger partial charge >= 0.3 is 0 Å². The minimum atomic E-state index is -1.98. The highest BCUT2D eigenvalue weighted by Gasteiger charge is 2.46. The Morgan fingerprint density at radius 2 is 1.79 bits per heavy atom. The Kier molecular flexibility index (Phi) is 7.46. The molecule has 1 N–H and O–H groups in total. The summed E-state index contributed by atoms with van der Waals surface area (Å²) in [5.74, 6) is -1.37. The zero-order valence-corrected chi connectivity index (χ0v) is 18.9. The van der Waals surface area contributed by atoms with E-state index in [4.69, 9.17) is 66.5 Å². The van der Waals surface area contributed by atoms with Crippen LogP contribution >= 0.6 is 11.6 Å². The van der Waals surface area contributed by atoms with E-state index in [1.54, 1.807) is 0 Å². The fourth-order valence-electron chi connectivity index (χ4n) is 3.59. The van der Waals surface area contributed by atoms with Gasteiger partial charge in [0.1, 0.15) is 17.3 Å². The Hall–Kier alpha value is -1.67. The molecule has 0 aliphatic carbocycles. The Morgan fingerprint density at radius 1 is 1.18 bits per heavy atom. The van der Waals surface area contributed by atoms with Crippen LogP contribution in [0.1, 0.15) is 34.6 Å². The topological polar surface area (TPSA) is 58.1 Å². The van der Waals surface area contributed by atoms with Crippen molar-refractivity contribution in [3.05, 3.63) is 58.4 Å². The van der Waals surface area contributed by atoms with E-state index in [9.17, 15) is 9.18 Å². The lowest BCUT2D eigenvalue weighted by Crippen LogP contribution is -2.64. The monoisotopic (exact) mass is 464 g/mol. The molecule has 15 heteroatoms. The van der Waals surface area contributed by atoms with E-state index in [1.165, 1.54) is 18.5 Å². The summed E-state index contributed by atoms with van der Waals surface area (Å²) in [6.45, 7) is -0.502. The van der Waals surface area contributed by atoms with Crippen molar-refractivity contribution >= 4 is 72.4 Å². The van der Waals surface area contributed by atoms with Gasteiger partial charge in [-0.25, -0.2) is 18.7 Å². The molecule has 0 spiro atoms. The molecule has 2 heterocycles. The van der Waals surface area contributed by atoms with Crippen molar-refractivity contribution in [2.75, 3.05) is 13.1 Å². The first-order valence-corrected chi connectivity index (χ1v) is 10.5. The number of aromatic nitrogens is 2. The van der Waals surface area contributed by atoms with Crippen molar-refractivity contribution < 1.29 is 13.6 Å². The van der Waals surface area contributed by atoms with Gasteiger partial charge in [-0.3, -0.25) is 4.79 Å². The maximum Gasteiger partial charge on any atom is 0.253 e. The molecule has 3 rings (SSSR count). The highest BCUT2D eigenvalue weighted by molar-refractivity contribution is 6.58. The number of piperidine rings is 1. The molecule has 158 valence electrons. The van der Waals surface area contributed by atoms with Crippen molar-refractivity contribution in [3.8, 4) is 0 Å². The number of alkyl halides is 1. The van der Waals surface area contributed by atoms with Gasteiger partial charge in [0.15, 0.2) is 0 Å². The summed E-state index contributed by atoms with van der Waals surface area (Å²) in [7, 11) is 41.0. The fraction of sp³-hybridized carbons (Fsp3) is 0.421. The van der Waals surface area contributed by atoms with E-state index in [-0.39, 0.29) is 41.5 Å². The molecule has 1 aromatic carbocycles. The van der Waals surface area contributed by atoms with Crippen LogP contribution in [0.2, 0.25) is 5.02 Å². The summed E-state index contributed by atoms with van der Waals surface area (Å²) in [6, 6.07) is 3.44. The minimum Gasteiger partial charge on any atom is -0.350 e. The lowest BCUT2D eigenvalue weighted by Gasteiger charge is -2.50. The number of rotatable bonds is 6. The van der Waals surface area contributed by atoms with E-state index in [0.29, 0.717) is 0 Å². The summed E-state index contributed by atoms with van der Waals surface area (Å²) in [5.41, 5.74) is -1.69. The van der Waals surface area contributed by atoms with E-state index >= 15 is 4.39 Å². The second kappa shape index (κ2) is 9.42. The van der Waals surface area contributed by atoms with E-state index in [1.807, 2.05) is 0 Å². The number of halogens is 3. The third-order valence-corrected chi connectivity index (χ3v) is 5.81. The van der Waals surface area contributed by atoms with E-state index in [0.717, 1.165) is 17.0 Å². The summed E-state index contributed by atoms with van der Waals surface area (Å²) in [6.07, 6.45) is 1.92. The SMILES string of the molecule is [B]C([B])([B])c1cnc(C([B])([B])NCC2(F)CCN(C(=O)c3ccc(F)c(Cl)c3)C([B])([B])C2)nc1. The Bertz CT molecular complexity index is 1070. The second-order valence-electron chi connectivity index (χ2n) is 8.61. The third-order valence-electron chi connectivity index (χ3n) is 5.52. The van der Waals surface area contributed by atoms with Crippen LogP contribution in [0.15, 0.2) is 30.6 Å². The molecular formula is C19H14B7ClF2N4O. The molecule has 14 radical (unpaired) electrons. The van der Waals surface area contributed by atoms with Crippen LogP contribution in [0.4, 0.5) is 8.78 Å². The highest BCUT2D eigenvalue weighted by Crippen LogP contribution is 2.35. The number of carbonyl (C=O) groups is 1. The van der Waals surface area contributed by atoms with Gasteiger partial charge in [0.05, 0.1) is 59.9 Å². The number of likely N-dealkylation sites (tertiary alicyclic amines) is 1. The van der Waals surface area contributed by atoms with Crippen LogP contribution in [-0.4, -0.2) is 99.8 Å². The van der Waals surface area contributed by atoms with Crippen LogP contribution in [0.25, 0.3) is 0 Å². The smallest absolute Gasteiger partial charge is 0.253 e. The van der Waals surface area contributed by atoms with Gasteiger partial charge in [-0.05, 0) is 35.5 Å². The van der Waals surface area contributed by atoms with Gasteiger partial charge < -0.3 is 10.2 Å². The predicted octanol–water partition coefficient (Wildman–Crippen LogP) is -0.443. The average molecular weight is 463 g/mol. The highest BCUT2D eigenvalue weighted by atomic mass is 35.5. The summed E-state index contributed by atoms with van der Waals surface area (Å²) >= 11 is 5.75. The number of amides is 1. The number of nitrogens with zero attached hydrogens (tertiary/aromatic N) is 3. The van der Waals surface area contributed by atoms with Crippen LogP contribution in [0.5, 0.6) is 0 Å². The largest absolute Gasteiger partial charge is 0.350 e. The summed E-state index contributed by atoms with van der Waals surface area (Å²) < 4.78 is 29.1. The number of benzene rings is 1. The first-order chi connectivity index (χ1) is 15.5. The fourth-order valence-corrected chi connectivity index (χ4v) is 3.77. The van der Waals surface area contributed by atoms with Crippen LogP contribution in [0.3, 0.4) is 0 Å². The maximum atomic E-state index is 15.7. The molecule has 0 saturated carbocycles. The third kappa shape index (κ3) is 5.93. The van der Waals surface area contributed by atoms with Gasteiger partial charge in [-0.1, -0.05) is 11.6 Å². The average Bonchev–Trinajstić information content (AvgIpc) is 2.73. The number of hydrogen-bond acceptors (Lipinski definition) is 4. The van der Waals surface area contributed by atoms with Crippen LogP contribution in [0, 0.1) is 5.82 Å². The molecular weight excluding hydrogens is 449 g/mol. The number of nitrogens with one attached hydrogen (secondary N) is 1. The van der Waals surface area contributed by atoms with Gasteiger partial charge in [-0.15, -0.1) is 5.11 Å². The normalized spacial score (nSPS) is 20.7. The summed E-state index contributed by atoms with van der Waals surface area (Å²) in [4.78, 5) is 21.9. The minimum absolute atomic E-state index is 0.0659. The quantitative estimate of drug-likeness (QED) is 0.591. The van der Waals surface area contributed by atoms with Crippen molar-refractivity contribution in [1.82, 2.24) is 20.2 Å². The van der Waals surface area contributed by atoms with Crippen LogP contribution < -0.4 is 5.32 Å². The van der Waals surface area contributed by atoms with Gasteiger partial charge in [0.25, 0.3) is 5.91 Å².